The number of rotatable bonds is 3. The SMILES string of the molecule is CNC(=O)c1noc(CN2CC[C@H]3CNC[C@H]32)n1.Cl.Cl. The summed E-state index contributed by atoms with van der Waals surface area (Å²) in [4.78, 5) is 17.8. The van der Waals surface area contributed by atoms with Gasteiger partial charge >= 0.3 is 0 Å². The highest BCUT2D eigenvalue weighted by molar-refractivity contribution is 5.89. The van der Waals surface area contributed by atoms with E-state index in [2.05, 4.69) is 25.7 Å². The maximum Gasteiger partial charge on any atom is 0.292 e. The number of carbonyl (C=O) groups excluding carboxylic acids is 1. The summed E-state index contributed by atoms with van der Waals surface area (Å²) < 4.78 is 5.11. The molecule has 20 heavy (non-hydrogen) atoms. The van der Waals surface area contributed by atoms with E-state index in [0.717, 1.165) is 25.6 Å². The molecule has 1 aromatic heterocycles. The molecule has 1 amide bonds. The van der Waals surface area contributed by atoms with Crippen LogP contribution >= 0.6 is 24.8 Å². The number of fused-ring (bicyclic) bond motifs is 1. The largest absolute Gasteiger partial charge is 0.352 e. The summed E-state index contributed by atoms with van der Waals surface area (Å²) in [6, 6.07) is 0.570. The average Bonchev–Trinajstić information content (AvgIpc) is 3.06. The maximum absolute atomic E-state index is 11.3. The fourth-order valence-corrected chi connectivity index (χ4v) is 2.83. The quantitative estimate of drug-likeness (QED) is 0.818. The van der Waals surface area contributed by atoms with Gasteiger partial charge in [0.1, 0.15) is 0 Å². The van der Waals surface area contributed by atoms with E-state index in [9.17, 15) is 4.79 Å². The second-order valence-electron chi connectivity index (χ2n) is 4.84. The van der Waals surface area contributed by atoms with Crippen molar-refractivity contribution in [1.82, 2.24) is 25.7 Å². The normalized spacial score (nSPS) is 24.6. The number of amides is 1. The van der Waals surface area contributed by atoms with Crippen LogP contribution in [-0.2, 0) is 6.54 Å². The Labute approximate surface area is 129 Å². The van der Waals surface area contributed by atoms with E-state index in [1.54, 1.807) is 7.05 Å². The predicted octanol–water partition coefficient (Wildman–Crippen LogP) is 0.0665. The van der Waals surface area contributed by atoms with Gasteiger partial charge in [-0.3, -0.25) is 9.69 Å². The third-order valence-corrected chi connectivity index (χ3v) is 3.80. The van der Waals surface area contributed by atoms with Crippen LogP contribution in [0.3, 0.4) is 0 Å². The first-order valence-corrected chi connectivity index (χ1v) is 6.27. The highest BCUT2D eigenvalue weighted by atomic mass is 35.5. The number of halogens is 2. The standard InChI is InChI=1S/C11H17N5O2.2ClH/c1-12-11(17)10-14-9(18-15-10)6-16-3-2-7-4-13-5-8(7)16;;/h7-8,13H,2-6H2,1H3,(H,12,17);2*1H/t7-,8+;;/m0../s1. The van der Waals surface area contributed by atoms with E-state index in [4.69, 9.17) is 4.52 Å². The lowest BCUT2D eigenvalue weighted by Gasteiger charge is -2.20. The van der Waals surface area contributed by atoms with Gasteiger partial charge in [0.2, 0.25) is 5.89 Å². The smallest absolute Gasteiger partial charge is 0.292 e. The van der Waals surface area contributed by atoms with Crippen molar-refractivity contribution in [2.45, 2.75) is 19.0 Å². The van der Waals surface area contributed by atoms with E-state index >= 15 is 0 Å². The van der Waals surface area contributed by atoms with E-state index < -0.39 is 0 Å². The van der Waals surface area contributed by atoms with Crippen LogP contribution in [0.1, 0.15) is 22.9 Å². The summed E-state index contributed by atoms with van der Waals surface area (Å²) in [5, 5.41) is 9.55. The van der Waals surface area contributed by atoms with Gasteiger partial charge in [0, 0.05) is 19.6 Å². The molecule has 0 spiro atoms. The number of hydrogen-bond acceptors (Lipinski definition) is 6. The van der Waals surface area contributed by atoms with Crippen molar-refractivity contribution in [1.29, 1.82) is 0 Å². The van der Waals surface area contributed by atoms with E-state index in [-0.39, 0.29) is 36.5 Å². The van der Waals surface area contributed by atoms with Gasteiger partial charge in [-0.25, -0.2) is 0 Å². The van der Waals surface area contributed by atoms with Crippen molar-refractivity contribution >= 4 is 30.7 Å². The Morgan fingerprint density at radius 2 is 2.30 bits per heavy atom. The number of aromatic nitrogens is 2. The molecule has 3 rings (SSSR count). The molecule has 2 N–H and O–H groups in total. The molecule has 9 heteroatoms. The second-order valence-corrected chi connectivity index (χ2v) is 4.84. The molecule has 0 bridgehead atoms. The van der Waals surface area contributed by atoms with Gasteiger partial charge in [-0.15, -0.1) is 24.8 Å². The average molecular weight is 324 g/mol. The lowest BCUT2D eigenvalue weighted by atomic mass is 10.1. The third-order valence-electron chi connectivity index (χ3n) is 3.80. The Morgan fingerprint density at radius 3 is 3.05 bits per heavy atom. The summed E-state index contributed by atoms with van der Waals surface area (Å²) in [5.74, 6) is 1.05. The Bertz CT molecular complexity index is 456. The monoisotopic (exact) mass is 323 g/mol. The molecule has 114 valence electrons. The van der Waals surface area contributed by atoms with E-state index in [0.29, 0.717) is 18.5 Å². The summed E-state index contributed by atoms with van der Waals surface area (Å²) >= 11 is 0. The van der Waals surface area contributed by atoms with Crippen LogP contribution in [0.5, 0.6) is 0 Å². The fourth-order valence-electron chi connectivity index (χ4n) is 2.83. The molecule has 0 aromatic carbocycles. The molecule has 0 radical (unpaired) electrons. The summed E-state index contributed by atoms with van der Waals surface area (Å²) in [6.45, 7) is 3.83. The van der Waals surface area contributed by atoms with Gasteiger partial charge in [-0.1, -0.05) is 5.16 Å². The Morgan fingerprint density at radius 1 is 1.50 bits per heavy atom. The molecule has 2 aliphatic heterocycles. The minimum absolute atomic E-state index is 0. The van der Waals surface area contributed by atoms with Crippen LogP contribution < -0.4 is 10.6 Å². The van der Waals surface area contributed by atoms with Crippen LogP contribution in [0.15, 0.2) is 4.52 Å². The minimum atomic E-state index is -0.313. The van der Waals surface area contributed by atoms with Gasteiger partial charge in [0.05, 0.1) is 6.54 Å². The van der Waals surface area contributed by atoms with Gasteiger partial charge in [0.25, 0.3) is 11.7 Å². The van der Waals surface area contributed by atoms with Crippen molar-refractivity contribution in [2.24, 2.45) is 5.92 Å². The third kappa shape index (κ3) is 3.22. The van der Waals surface area contributed by atoms with Crippen LogP contribution in [-0.4, -0.2) is 53.7 Å². The molecule has 3 heterocycles. The molecular formula is C11H19Cl2N5O2. The number of likely N-dealkylation sites (tertiary alicyclic amines) is 1. The van der Waals surface area contributed by atoms with Crippen LogP contribution in [0.4, 0.5) is 0 Å². The number of carbonyl (C=O) groups is 1. The van der Waals surface area contributed by atoms with E-state index in [1.807, 2.05) is 0 Å². The number of hydrogen-bond donors (Lipinski definition) is 2. The highest BCUT2D eigenvalue weighted by Crippen LogP contribution is 2.28. The first-order valence-electron chi connectivity index (χ1n) is 6.27. The minimum Gasteiger partial charge on any atom is -0.352 e. The van der Waals surface area contributed by atoms with Gasteiger partial charge in [0.15, 0.2) is 0 Å². The van der Waals surface area contributed by atoms with Crippen molar-refractivity contribution < 1.29 is 9.32 Å². The topological polar surface area (TPSA) is 83.3 Å². The Balaban J connectivity index is 0.000001000. The summed E-state index contributed by atoms with van der Waals surface area (Å²) in [6.07, 6.45) is 1.22. The molecule has 0 aliphatic carbocycles. The van der Waals surface area contributed by atoms with Crippen LogP contribution in [0.2, 0.25) is 0 Å². The molecule has 2 saturated heterocycles. The van der Waals surface area contributed by atoms with Crippen molar-refractivity contribution in [3.63, 3.8) is 0 Å². The van der Waals surface area contributed by atoms with Gasteiger partial charge in [-0.05, 0) is 25.4 Å². The van der Waals surface area contributed by atoms with E-state index in [1.165, 1.54) is 6.42 Å². The lowest BCUT2D eigenvalue weighted by Crippen LogP contribution is -2.33. The highest BCUT2D eigenvalue weighted by Gasteiger charge is 2.37. The van der Waals surface area contributed by atoms with Gasteiger partial charge in [-0.2, -0.15) is 4.98 Å². The second kappa shape index (κ2) is 7.21. The Hall–Kier alpha value is -0.890. The maximum atomic E-state index is 11.3. The fraction of sp³-hybridized carbons (Fsp3) is 0.727. The van der Waals surface area contributed by atoms with Gasteiger partial charge < -0.3 is 15.2 Å². The molecule has 2 aliphatic rings. The van der Waals surface area contributed by atoms with Crippen LogP contribution in [0.25, 0.3) is 0 Å². The number of nitrogens with zero attached hydrogens (tertiary/aromatic N) is 3. The van der Waals surface area contributed by atoms with Crippen molar-refractivity contribution in [3.05, 3.63) is 11.7 Å². The molecule has 0 saturated carbocycles. The zero-order chi connectivity index (χ0) is 12.5. The molecule has 0 unspecified atom stereocenters. The zero-order valence-corrected chi connectivity index (χ0v) is 12.8. The zero-order valence-electron chi connectivity index (χ0n) is 11.2. The molecule has 2 atom stereocenters. The first kappa shape index (κ1) is 17.2. The molecule has 2 fully saturated rings. The molecule has 7 nitrogen and oxygen atoms in total. The molecule has 1 aromatic rings. The Kier molecular flexibility index (Phi) is 6.19. The summed E-state index contributed by atoms with van der Waals surface area (Å²) in [7, 11) is 1.55. The van der Waals surface area contributed by atoms with Crippen molar-refractivity contribution in [3.8, 4) is 0 Å². The van der Waals surface area contributed by atoms with Crippen LogP contribution in [0, 0.1) is 5.92 Å². The van der Waals surface area contributed by atoms with Crippen molar-refractivity contribution in [2.75, 3.05) is 26.7 Å². The lowest BCUT2D eigenvalue weighted by molar-refractivity contribution is 0.0950. The predicted molar refractivity (Wildman–Crippen MR) is 77.4 cm³/mol. The summed E-state index contributed by atoms with van der Waals surface area (Å²) in [5.41, 5.74) is 0. The first-order chi connectivity index (χ1) is 8.78. The number of nitrogens with one attached hydrogen (secondary N) is 2. The molecular weight excluding hydrogens is 305 g/mol.